The van der Waals surface area contributed by atoms with E-state index in [0.29, 0.717) is 45.7 Å². The molecule has 1 heterocycles. The molecule has 1 aliphatic heterocycles. The second-order valence-electron chi connectivity index (χ2n) is 9.19. The number of aryl methyl sites for hydroxylation is 1. The Morgan fingerprint density at radius 2 is 1.49 bits per heavy atom. The van der Waals surface area contributed by atoms with Crippen LogP contribution in [0.5, 0.6) is 0 Å². The van der Waals surface area contributed by atoms with E-state index in [0.717, 1.165) is 29.2 Å². The molecule has 1 atom stereocenters. The summed E-state index contributed by atoms with van der Waals surface area (Å²) in [5.41, 5.74) is 14.4. The number of carbonyl (C=O) groups is 2. The van der Waals surface area contributed by atoms with E-state index in [1.54, 1.807) is 9.80 Å². The summed E-state index contributed by atoms with van der Waals surface area (Å²) in [6.07, 6.45) is 2.19. The van der Waals surface area contributed by atoms with Gasteiger partial charge in [-0.2, -0.15) is 0 Å². The molecule has 4 N–H and O–H groups in total. The zero-order valence-electron chi connectivity index (χ0n) is 20.2. The number of amides is 4. The zero-order valence-corrected chi connectivity index (χ0v) is 20.2. The van der Waals surface area contributed by atoms with E-state index in [1.165, 1.54) is 10.5 Å². The Labute approximate surface area is 207 Å². The minimum absolute atomic E-state index is 0.169. The molecule has 0 bridgehead atoms. The Hall–Kier alpha value is -3.42. The molecule has 3 aromatic carbocycles. The minimum atomic E-state index is -0.278. The van der Waals surface area contributed by atoms with Gasteiger partial charge < -0.3 is 21.3 Å². The Kier molecular flexibility index (Phi) is 8.34. The number of nitrogens with zero attached hydrogens (tertiary/aromatic N) is 3. The fourth-order valence-electron chi connectivity index (χ4n) is 4.54. The maximum absolute atomic E-state index is 13.4. The molecule has 35 heavy (non-hydrogen) atoms. The topological polar surface area (TPSA) is 95.9 Å². The van der Waals surface area contributed by atoms with Crippen LogP contribution in [0.3, 0.4) is 0 Å². The van der Waals surface area contributed by atoms with Crippen molar-refractivity contribution in [3.63, 3.8) is 0 Å². The molecule has 0 spiro atoms. The third-order valence-electron chi connectivity index (χ3n) is 6.52. The maximum Gasteiger partial charge on any atom is 0.328 e. The van der Waals surface area contributed by atoms with Crippen molar-refractivity contribution in [1.29, 1.82) is 0 Å². The predicted molar refractivity (Wildman–Crippen MR) is 140 cm³/mol. The van der Waals surface area contributed by atoms with Gasteiger partial charge in [-0.15, -0.1) is 0 Å². The molecule has 4 amide bonds. The van der Waals surface area contributed by atoms with Crippen molar-refractivity contribution in [2.75, 3.05) is 32.7 Å². The number of hydrogen-bond acceptors (Lipinski definition) is 4. The third kappa shape index (κ3) is 6.38. The molecule has 0 saturated carbocycles. The van der Waals surface area contributed by atoms with Gasteiger partial charge in [-0.25, -0.2) is 14.5 Å². The van der Waals surface area contributed by atoms with E-state index in [1.807, 2.05) is 36.4 Å². The van der Waals surface area contributed by atoms with Crippen LogP contribution in [0.15, 0.2) is 72.8 Å². The fourth-order valence-corrected chi connectivity index (χ4v) is 4.54. The molecular weight excluding hydrogens is 438 g/mol. The highest BCUT2D eigenvalue weighted by atomic mass is 16.2. The molecule has 7 heteroatoms. The Bertz CT molecular complexity index is 1140. The molecule has 1 fully saturated rings. The van der Waals surface area contributed by atoms with Crippen LogP contribution in [-0.2, 0) is 13.0 Å². The standard InChI is InChI=1S/C28H35N5O2/c29-15-6-16-33-27(34)31(20-23-11-13-24-9-4-5-10-25(24)19-23)17-18-32(28(33)35)21-26(30)14-12-22-7-2-1-3-8-22/h1-5,7-11,13,19,26H,6,12,14-18,20-21,29-30H2/t26-/m0/s1. The van der Waals surface area contributed by atoms with Crippen LogP contribution >= 0.6 is 0 Å². The average Bonchev–Trinajstić information content (AvgIpc) is 2.99. The van der Waals surface area contributed by atoms with E-state index in [2.05, 4.69) is 36.4 Å². The van der Waals surface area contributed by atoms with Crippen molar-refractivity contribution >= 4 is 22.8 Å². The summed E-state index contributed by atoms with van der Waals surface area (Å²) in [5, 5.41) is 2.29. The van der Waals surface area contributed by atoms with Gasteiger partial charge >= 0.3 is 12.1 Å². The van der Waals surface area contributed by atoms with E-state index in [4.69, 9.17) is 11.5 Å². The van der Waals surface area contributed by atoms with Crippen molar-refractivity contribution < 1.29 is 9.59 Å². The summed E-state index contributed by atoms with van der Waals surface area (Å²) in [6.45, 7) is 2.50. The fraction of sp³-hybridized carbons (Fsp3) is 0.357. The lowest BCUT2D eigenvalue weighted by Gasteiger charge is -2.28. The first kappa shape index (κ1) is 24.7. The smallest absolute Gasteiger partial charge is 0.328 e. The number of benzene rings is 3. The summed E-state index contributed by atoms with van der Waals surface area (Å²) < 4.78 is 0. The summed E-state index contributed by atoms with van der Waals surface area (Å²) in [4.78, 5) is 31.6. The summed E-state index contributed by atoms with van der Waals surface area (Å²) in [5.74, 6) is 0. The number of imide groups is 1. The van der Waals surface area contributed by atoms with Crippen LogP contribution in [0.25, 0.3) is 10.8 Å². The molecule has 1 saturated heterocycles. The molecule has 1 aliphatic rings. The number of carbonyl (C=O) groups excluding carboxylic acids is 2. The summed E-state index contributed by atoms with van der Waals surface area (Å²) in [6, 6.07) is 23.9. The van der Waals surface area contributed by atoms with Gasteiger partial charge in [0, 0.05) is 38.8 Å². The lowest BCUT2D eigenvalue weighted by Crippen LogP contribution is -2.49. The molecule has 0 unspecified atom stereocenters. The number of nitrogens with two attached hydrogens (primary N) is 2. The van der Waals surface area contributed by atoms with Crippen molar-refractivity contribution in [2.24, 2.45) is 11.5 Å². The van der Waals surface area contributed by atoms with Crippen molar-refractivity contribution in [3.05, 3.63) is 83.9 Å². The van der Waals surface area contributed by atoms with Gasteiger partial charge in [0.25, 0.3) is 0 Å². The highest BCUT2D eigenvalue weighted by Crippen LogP contribution is 2.19. The maximum atomic E-state index is 13.4. The van der Waals surface area contributed by atoms with Gasteiger partial charge in [-0.05, 0) is 53.8 Å². The summed E-state index contributed by atoms with van der Waals surface area (Å²) >= 11 is 0. The largest absolute Gasteiger partial charge is 0.330 e. The van der Waals surface area contributed by atoms with E-state index >= 15 is 0 Å². The Morgan fingerprint density at radius 3 is 2.26 bits per heavy atom. The molecule has 3 aromatic rings. The van der Waals surface area contributed by atoms with Gasteiger partial charge in [-0.3, -0.25) is 0 Å². The van der Waals surface area contributed by atoms with Gasteiger partial charge in [0.15, 0.2) is 0 Å². The number of fused-ring (bicyclic) bond motifs is 1. The van der Waals surface area contributed by atoms with Crippen LogP contribution in [0.4, 0.5) is 9.59 Å². The van der Waals surface area contributed by atoms with Gasteiger partial charge in [-0.1, -0.05) is 66.7 Å². The van der Waals surface area contributed by atoms with Crippen LogP contribution < -0.4 is 11.5 Å². The minimum Gasteiger partial charge on any atom is -0.330 e. The second-order valence-corrected chi connectivity index (χ2v) is 9.19. The van der Waals surface area contributed by atoms with Gasteiger partial charge in [0.05, 0.1) is 0 Å². The summed E-state index contributed by atoms with van der Waals surface area (Å²) in [7, 11) is 0. The number of rotatable bonds is 10. The first-order valence-electron chi connectivity index (χ1n) is 12.4. The molecule has 184 valence electrons. The molecular formula is C28H35N5O2. The molecule has 0 aliphatic carbocycles. The van der Waals surface area contributed by atoms with Crippen molar-refractivity contribution in [1.82, 2.24) is 14.7 Å². The van der Waals surface area contributed by atoms with Crippen LogP contribution in [0.1, 0.15) is 24.0 Å². The first-order valence-corrected chi connectivity index (χ1v) is 12.4. The van der Waals surface area contributed by atoms with Gasteiger partial charge in [0.2, 0.25) is 0 Å². The molecule has 7 nitrogen and oxygen atoms in total. The third-order valence-corrected chi connectivity index (χ3v) is 6.52. The van der Waals surface area contributed by atoms with Crippen LogP contribution in [0, 0.1) is 0 Å². The predicted octanol–water partition coefficient (Wildman–Crippen LogP) is 3.81. The average molecular weight is 474 g/mol. The zero-order chi connectivity index (χ0) is 24.6. The highest BCUT2D eigenvalue weighted by molar-refractivity contribution is 5.94. The first-order chi connectivity index (χ1) is 17.0. The monoisotopic (exact) mass is 473 g/mol. The lowest BCUT2D eigenvalue weighted by molar-refractivity contribution is 0.152. The van der Waals surface area contributed by atoms with Crippen molar-refractivity contribution in [3.8, 4) is 0 Å². The van der Waals surface area contributed by atoms with Gasteiger partial charge in [0.1, 0.15) is 0 Å². The van der Waals surface area contributed by atoms with Crippen molar-refractivity contribution in [2.45, 2.75) is 31.8 Å². The Balaban J connectivity index is 1.45. The number of urea groups is 2. The quantitative estimate of drug-likeness (QED) is 0.468. The second kappa shape index (κ2) is 11.8. The molecule has 4 rings (SSSR count). The number of hydrogen-bond donors (Lipinski definition) is 2. The lowest BCUT2D eigenvalue weighted by atomic mass is 10.1. The van der Waals surface area contributed by atoms with Crippen LogP contribution in [0.2, 0.25) is 0 Å². The normalized spacial score (nSPS) is 15.5. The van der Waals surface area contributed by atoms with E-state index in [-0.39, 0.29) is 18.1 Å². The molecule has 0 radical (unpaired) electrons. The SMILES string of the molecule is NCCCN1C(=O)N(Cc2ccc3ccccc3c2)CCN(C[C@@H](N)CCc2ccccc2)C1=O. The van der Waals surface area contributed by atoms with Crippen LogP contribution in [-0.4, -0.2) is 65.5 Å². The van der Waals surface area contributed by atoms with E-state index in [9.17, 15) is 9.59 Å². The Morgan fingerprint density at radius 1 is 0.800 bits per heavy atom. The molecule has 0 aromatic heterocycles. The highest BCUT2D eigenvalue weighted by Gasteiger charge is 2.34. The van der Waals surface area contributed by atoms with E-state index < -0.39 is 0 Å².